The number of benzene rings is 1. The molecule has 1 saturated heterocycles. The van der Waals surface area contributed by atoms with Gasteiger partial charge in [-0.1, -0.05) is 35.8 Å². The minimum atomic E-state index is -0.442. The molecular formula is C20H25N3O2. The summed E-state index contributed by atoms with van der Waals surface area (Å²) < 4.78 is 4.91. The van der Waals surface area contributed by atoms with Crippen LogP contribution in [-0.2, 0) is 24.2 Å². The number of hydrogen-bond acceptors (Lipinski definition) is 4. The van der Waals surface area contributed by atoms with E-state index >= 15 is 0 Å². The second kappa shape index (κ2) is 6.64. The number of rotatable bonds is 4. The van der Waals surface area contributed by atoms with Gasteiger partial charge in [-0.15, -0.1) is 0 Å². The van der Waals surface area contributed by atoms with Crippen molar-refractivity contribution in [2.24, 2.45) is 0 Å². The van der Waals surface area contributed by atoms with E-state index in [1.54, 1.807) is 6.26 Å². The maximum atomic E-state index is 13.6. The van der Waals surface area contributed by atoms with Crippen molar-refractivity contribution in [2.45, 2.75) is 44.2 Å². The van der Waals surface area contributed by atoms with Crippen LogP contribution >= 0.6 is 0 Å². The van der Waals surface area contributed by atoms with E-state index in [4.69, 9.17) is 4.52 Å². The van der Waals surface area contributed by atoms with E-state index in [0.29, 0.717) is 6.54 Å². The smallest absolute Gasteiger partial charge is 0.243 e. The Balaban J connectivity index is 1.63. The summed E-state index contributed by atoms with van der Waals surface area (Å²) in [4.78, 5) is 17.8. The molecule has 0 spiro atoms. The molecule has 5 heteroatoms. The first-order valence-electron chi connectivity index (χ1n) is 9.16. The van der Waals surface area contributed by atoms with Crippen LogP contribution in [0, 0.1) is 0 Å². The molecule has 1 aromatic carbocycles. The number of piperidine rings is 1. The maximum Gasteiger partial charge on any atom is 0.243 e. The molecule has 0 N–H and O–H groups in total. The quantitative estimate of drug-likeness (QED) is 0.859. The van der Waals surface area contributed by atoms with E-state index < -0.39 is 5.54 Å². The van der Waals surface area contributed by atoms with Gasteiger partial charge >= 0.3 is 0 Å². The van der Waals surface area contributed by atoms with Crippen molar-refractivity contribution in [3.8, 4) is 0 Å². The number of hydrogen-bond donors (Lipinski definition) is 0. The third kappa shape index (κ3) is 2.97. The second-order valence-electron chi connectivity index (χ2n) is 7.35. The van der Waals surface area contributed by atoms with Gasteiger partial charge in [-0.05, 0) is 37.1 Å². The zero-order chi connectivity index (χ0) is 17.3. The lowest BCUT2D eigenvalue weighted by molar-refractivity contribution is -0.144. The van der Waals surface area contributed by atoms with Crippen molar-refractivity contribution in [1.82, 2.24) is 15.0 Å². The van der Waals surface area contributed by atoms with Gasteiger partial charge in [0.15, 0.2) is 0 Å². The molecule has 0 radical (unpaired) electrons. The van der Waals surface area contributed by atoms with Crippen molar-refractivity contribution < 1.29 is 9.32 Å². The Bertz CT molecular complexity index is 710. The molecule has 1 aliphatic heterocycles. The molecule has 0 saturated carbocycles. The summed E-state index contributed by atoms with van der Waals surface area (Å²) >= 11 is 0. The highest BCUT2D eigenvalue weighted by Crippen LogP contribution is 2.37. The highest BCUT2D eigenvalue weighted by molar-refractivity contribution is 5.88. The van der Waals surface area contributed by atoms with Gasteiger partial charge in [0, 0.05) is 26.0 Å². The number of aromatic nitrogens is 1. The van der Waals surface area contributed by atoms with Gasteiger partial charge < -0.3 is 9.42 Å². The fourth-order valence-electron chi connectivity index (χ4n) is 4.42. The van der Waals surface area contributed by atoms with Gasteiger partial charge in [-0.2, -0.15) is 0 Å². The summed E-state index contributed by atoms with van der Waals surface area (Å²) in [6.07, 6.45) is 6.80. The number of likely N-dealkylation sites (tertiary alicyclic amines) is 1. The minimum absolute atomic E-state index is 0.202. The Kier molecular flexibility index (Phi) is 4.34. The predicted molar refractivity (Wildman–Crippen MR) is 95.0 cm³/mol. The van der Waals surface area contributed by atoms with Crippen LogP contribution in [0.5, 0.6) is 0 Å². The standard InChI is InChI=1S/C20H25N3O2/c1-22(15-18-9-12-25-21-18)19(24)20(23-10-5-2-6-11-23)13-16-7-3-4-8-17(16)14-20/h3-4,7-9,12H,2,5-6,10-11,13-15H2,1H3. The van der Waals surface area contributed by atoms with Crippen molar-refractivity contribution in [2.75, 3.05) is 20.1 Å². The fourth-order valence-corrected chi connectivity index (χ4v) is 4.42. The number of carbonyl (C=O) groups is 1. The average Bonchev–Trinajstić information content (AvgIpc) is 3.29. The number of likely N-dealkylation sites (N-methyl/N-ethyl adjacent to an activating group) is 1. The molecule has 2 aliphatic rings. The normalized spacial score (nSPS) is 19.6. The molecule has 5 nitrogen and oxygen atoms in total. The Morgan fingerprint density at radius 2 is 1.84 bits per heavy atom. The average molecular weight is 339 g/mol. The van der Waals surface area contributed by atoms with Gasteiger partial charge in [-0.25, -0.2) is 0 Å². The molecule has 1 aromatic heterocycles. The van der Waals surface area contributed by atoms with Gasteiger partial charge in [-0.3, -0.25) is 9.69 Å². The molecule has 2 aromatic rings. The molecule has 1 amide bonds. The predicted octanol–water partition coefficient (Wildman–Crippen LogP) is 2.66. The molecule has 1 fully saturated rings. The van der Waals surface area contributed by atoms with Crippen LogP contribution in [0.4, 0.5) is 0 Å². The van der Waals surface area contributed by atoms with E-state index in [1.165, 1.54) is 30.4 Å². The number of carbonyl (C=O) groups excluding carboxylic acids is 1. The van der Waals surface area contributed by atoms with E-state index in [0.717, 1.165) is 31.6 Å². The Hall–Kier alpha value is -2.14. The maximum absolute atomic E-state index is 13.6. The molecule has 1 aliphatic carbocycles. The van der Waals surface area contributed by atoms with Gasteiger partial charge in [0.05, 0.1) is 6.54 Å². The van der Waals surface area contributed by atoms with Crippen molar-refractivity contribution in [3.05, 3.63) is 53.4 Å². The minimum Gasteiger partial charge on any atom is -0.364 e. The summed E-state index contributed by atoms with van der Waals surface area (Å²) in [6.45, 7) is 2.51. The molecule has 0 unspecified atom stereocenters. The molecule has 25 heavy (non-hydrogen) atoms. The third-order valence-corrected chi connectivity index (χ3v) is 5.68. The highest BCUT2D eigenvalue weighted by atomic mass is 16.5. The van der Waals surface area contributed by atoms with E-state index in [9.17, 15) is 4.79 Å². The first-order valence-corrected chi connectivity index (χ1v) is 9.16. The Labute approximate surface area is 148 Å². The summed E-state index contributed by atoms with van der Waals surface area (Å²) in [6, 6.07) is 10.3. The Morgan fingerprint density at radius 3 is 2.44 bits per heavy atom. The lowest BCUT2D eigenvalue weighted by Crippen LogP contribution is -2.61. The lowest BCUT2D eigenvalue weighted by atomic mass is 9.89. The van der Waals surface area contributed by atoms with Crippen LogP contribution in [0.2, 0.25) is 0 Å². The third-order valence-electron chi connectivity index (χ3n) is 5.68. The van der Waals surface area contributed by atoms with E-state index in [1.807, 2.05) is 18.0 Å². The first kappa shape index (κ1) is 16.3. The van der Waals surface area contributed by atoms with Crippen LogP contribution in [0.3, 0.4) is 0 Å². The van der Waals surface area contributed by atoms with Crippen LogP contribution in [-0.4, -0.2) is 46.5 Å². The lowest BCUT2D eigenvalue weighted by Gasteiger charge is -2.44. The summed E-state index contributed by atoms with van der Waals surface area (Å²) in [5.41, 5.74) is 2.98. The second-order valence-corrected chi connectivity index (χ2v) is 7.35. The molecule has 2 heterocycles. The van der Waals surface area contributed by atoms with Crippen LogP contribution in [0.25, 0.3) is 0 Å². The largest absolute Gasteiger partial charge is 0.364 e. The van der Waals surface area contributed by atoms with Crippen LogP contribution in [0.15, 0.2) is 41.1 Å². The highest BCUT2D eigenvalue weighted by Gasteiger charge is 2.49. The monoisotopic (exact) mass is 339 g/mol. The van der Waals surface area contributed by atoms with Gasteiger partial charge in [0.1, 0.15) is 17.5 Å². The van der Waals surface area contributed by atoms with E-state index in [2.05, 4.69) is 34.3 Å². The number of fused-ring (bicyclic) bond motifs is 1. The SMILES string of the molecule is CN(Cc1ccon1)C(=O)C1(N2CCCCC2)Cc2ccccc2C1. The van der Waals surface area contributed by atoms with Crippen LogP contribution in [0.1, 0.15) is 36.1 Å². The van der Waals surface area contributed by atoms with Crippen LogP contribution < -0.4 is 0 Å². The zero-order valence-electron chi connectivity index (χ0n) is 14.8. The molecule has 4 rings (SSSR count). The Morgan fingerprint density at radius 1 is 1.16 bits per heavy atom. The van der Waals surface area contributed by atoms with Gasteiger partial charge in [0.25, 0.3) is 0 Å². The van der Waals surface area contributed by atoms with E-state index in [-0.39, 0.29) is 5.91 Å². The fraction of sp³-hybridized carbons (Fsp3) is 0.500. The number of amides is 1. The molecule has 0 atom stereocenters. The summed E-state index contributed by atoms with van der Waals surface area (Å²) in [5, 5.41) is 3.96. The first-order chi connectivity index (χ1) is 12.2. The van der Waals surface area contributed by atoms with Crippen molar-refractivity contribution >= 4 is 5.91 Å². The molecule has 132 valence electrons. The summed E-state index contributed by atoms with van der Waals surface area (Å²) in [7, 11) is 1.88. The topological polar surface area (TPSA) is 49.6 Å². The molecule has 0 bridgehead atoms. The molecular weight excluding hydrogens is 314 g/mol. The number of nitrogens with zero attached hydrogens (tertiary/aromatic N) is 3. The van der Waals surface area contributed by atoms with Gasteiger partial charge in [0.2, 0.25) is 5.91 Å². The zero-order valence-corrected chi connectivity index (χ0v) is 14.8. The van der Waals surface area contributed by atoms with Crippen molar-refractivity contribution in [1.29, 1.82) is 0 Å². The summed E-state index contributed by atoms with van der Waals surface area (Å²) in [5.74, 6) is 0.202. The van der Waals surface area contributed by atoms with Crippen molar-refractivity contribution in [3.63, 3.8) is 0 Å².